The molecule has 5 nitrogen and oxygen atoms in total. The average Bonchev–Trinajstić information content (AvgIpc) is 3.14. The van der Waals surface area contributed by atoms with Crippen LogP contribution in [-0.4, -0.2) is 11.6 Å². The summed E-state index contributed by atoms with van der Waals surface area (Å²) in [6.07, 6.45) is 9.17. The largest absolute Gasteiger partial charge is 0.619 e. The van der Waals surface area contributed by atoms with Gasteiger partial charge in [0.25, 0.3) is 0 Å². The standard InChI is InChI=1S/C21H25N3O2S/c1-2-3-4-5-6-14-26-19-11-9-18(10-12-19)22-21-23-20(16-27-21)17-8-7-13-24(25)15-17/h7-13,15-16H,2-6,14H2,1H3,(H,22,23). The lowest BCUT2D eigenvalue weighted by atomic mass is 10.2. The summed E-state index contributed by atoms with van der Waals surface area (Å²) in [6, 6.07) is 11.5. The third-order valence-corrected chi connectivity index (χ3v) is 4.95. The molecule has 0 radical (unpaired) electrons. The molecule has 0 saturated carbocycles. The Labute approximate surface area is 164 Å². The number of benzene rings is 1. The van der Waals surface area contributed by atoms with Crippen molar-refractivity contribution in [3.05, 3.63) is 59.4 Å². The first kappa shape index (κ1) is 19.2. The smallest absolute Gasteiger partial charge is 0.189 e. The van der Waals surface area contributed by atoms with Gasteiger partial charge < -0.3 is 15.3 Å². The highest BCUT2D eigenvalue weighted by Gasteiger charge is 2.07. The van der Waals surface area contributed by atoms with E-state index in [0.29, 0.717) is 0 Å². The number of rotatable bonds is 10. The number of aromatic nitrogens is 2. The van der Waals surface area contributed by atoms with Crippen molar-refractivity contribution in [2.75, 3.05) is 11.9 Å². The van der Waals surface area contributed by atoms with Crippen LogP contribution in [0.2, 0.25) is 0 Å². The number of thiazole rings is 1. The van der Waals surface area contributed by atoms with E-state index < -0.39 is 0 Å². The van der Waals surface area contributed by atoms with Crippen LogP contribution in [0.3, 0.4) is 0 Å². The van der Waals surface area contributed by atoms with Crippen molar-refractivity contribution in [1.82, 2.24) is 4.98 Å². The molecule has 0 bridgehead atoms. The normalized spacial score (nSPS) is 10.7. The molecule has 0 saturated heterocycles. The van der Waals surface area contributed by atoms with Gasteiger partial charge in [0, 0.05) is 17.1 Å². The molecule has 2 aromatic heterocycles. The molecular weight excluding hydrogens is 358 g/mol. The number of anilines is 2. The predicted octanol–water partition coefficient (Wildman–Crippen LogP) is 5.54. The Morgan fingerprint density at radius 3 is 2.70 bits per heavy atom. The van der Waals surface area contributed by atoms with E-state index in [4.69, 9.17) is 4.74 Å². The summed E-state index contributed by atoms with van der Waals surface area (Å²) >= 11 is 1.51. The van der Waals surface area contributed by atoms with Crippen LogP contribution < -0.4 is 14.8 Å². The second-order valence-electron chi connectivity index (χ2n) is 6.40. The monoisotopic (exact) mass is 383 g/mol. The van der Waals surface area contributed by atoms with Gasteiger partial charge in [-0.15, -0.1) is 11.3 Å². The van der Waals surface area contributed by atoms with Crippen LogP contribution >= 0.6 is 11.3 Å². The van der Waals surface area contributed by atoms with Crippen molar-refractivity contribution in [3.63, 3.8) is 0 Å². The number of unbranched alkanes of at least 4 members (excludes halogenated alkanes) is 4. The molecule has 0 fully saturated rings. The average molecular weight is 384 g/mol. The van der Waals surface area contributed by atoms with Gasteiger partial charge in [-0.2, -0.15) is 4.73 Å². The van der Waals surface area contributed by atoms with Crippen molar-refractivity contribution in [3.8, 4) is 17.0 Å². The minimum absolute atomic E-state index is 0.767. The van der Waals surface area contributed by atoms with Gasteiger partial charge in [-0.1, -0.05) is 32.6 Å². The topological polar surface area (TPSA) is 61.1 Å². The molecule has 0 spiro atoms. The van der Waals surface area contributed by atoms with Crippen LogP contribution in [0.4, 0.5) is 10.8 Å². The summed E-state index contributed by atoms with van der Waals surface area (Å²) in [6.45, 7) is 2.99. The highest BCUT2D eigenvalue weighted by atomic mass is 32.1. The maximum atomic E-state index is 11.4. The summed E-state index contributed by atoms with van der Waals surface area (Å²) < 4.78 is 6.57. The third-order valence-electron chi connectivity index (χ3n) is 4.20. The molecule has 0 unspecified atom stereocenters. The van der Waals surface area contributed by atoms with Crippen molar-refractivity contribution >= 4 is 22.2 Å². The lowest BCUT2D eigenvalue weighted by Crippen LogP contribution is -2.23. The van der Waals surface area contributed by atoms with Crippen LogP contribution in [0, 0.1) is 5.21 Å². The van der Waals surface area contributed by atoms with Gasteiger partial charge in [-0.25, -0.2) is 4.98 Å². The number of nitrogens with one attached hydrogen (secondary N) is 1. The fourth-order valence-corrected chi connectivity index (χ4v) is 3.46. The summed E-state index contributed by atoms with van der Waals surface area (Å²) in [4.78, 5) is 4.55. The Balaban J connectivity index is 1.50. The number of hydrogen-bond donors (Lipinski definition) is 1. The van der Waals surface area contributed by atoms with E-state index in [9.17, 15) is 5.21 Å². The molecule has 3 rings (SSSR count). The number of ether oxygens (including phenoxy) is 1. The number of pyridine rings is 1. The van der Waals surface area contributed by atoms with E-state index in [1.54, 1.807) is 6.07 Å². The zero-order valence-corrected chi connectivity index (χ0v) is 16.4. The fraction of sp³-hybridized carbons (Fsp3) is 0.333. The molecule has 0 aliphatic heterocycles. The van der Waals surface area contributed by atoms with Gasteiger partial charge in [0.1, 0.15) is 5.75 Å². The molecular formula is C21H25N3O2S. The number of hydrogen-bond acceptors (Lipinski definition) is 5. The summed E-state index contributed by atoms with van der Waals surface area (Å²) in [5.74, 6) is 0.889. The SMILES string of the molecule is CCCCCCCOc1ccc(Nc2nc(-c3ccc[n+]([O-])c3)cs2)cc1. The maximum absolute atomic E-state index is 11.4. The molecule has 1 N–H and O–H groups in total. The fourth-order valence-electron chi connectivity index (χ4n) is 2.72. The van der Waals surface area contributed by atoms with Crippen molar-refractivity contribution in [2.45, 2.75) is 39.0 Å². The van der Waals surface area contributed by atoms with E-state index in [1.807, 2.05) is 35.7 Å². The van der Waals surface area contributed by atoms with E-state index >= 15 is 0 Å². The van der Waals surface area contributed by atoms with Gasteiger partial charge in [0.05, 0.1) is 17.9 Å². The molecule has 3 aromatic rings. The zero-order valence-electron chi connectivity index (χ0n) is 15.6. The van der Waals surface area contributed by atoms with E-state index in [1.165, 1.54) is 49.4 Å². The van der Waals surface area contributed by atoms with Crippen LogP contribution in [0.25, 0.3) is 11.3 Å². The minimum Gasteiger partial charge on any atom is -0.619 e. The summed E-state index contributed by atoms with van der Waals surface area (Å²) in [7, 11) is 0. The first-order valence-electron chi connectivity index (χ1n) is 9.39. The van der Waals surface area contributed by atoms with Gasteiger partial charge >= 0.3 is 0 Å². The second kappa shape index (κ2) is 9.92. The quantitative estimate of drug-likeness (QED) is 0.284. The molecule has 6 heteroatoms. The number of nitrogens with zero attached hydrogens (tertiary/aromatic N) is 2. The Morgan fingerprint density at radius 1 is 1.11 bits per heavy atom. The van der Waals surface area contributed by atoms with Gasteiger partial charge in [-0.3, -0.25) is 0 Å². The second-order valence-corrected chi connectivity index (χ2v) is 7.26. The van der Waals surface area contributed by atoms with Crippen LogP contribution in [-0.2, 0) is 0 Å². The highest BCUT2D eigenvalue weighted by Crippen LogP contribution is 2.27. The van der Waals surface area contributed by atoms with E-state index in [2.05, 4.69) is 17.2 Å². The molecule has 0 aliphatic carbocycles. The van der Waals surface area contributed by atoms with Crippen LogP contribution in [0.1, 0.15) is 39.0 Å². The highest BCUT2D eigenvalue weighted by molar-refractivity contribution is 7.14. The first-order valence-corrected chi connectivity index (χ1v) is 10.3. The van der Waals surface area contributed by atoms with Gasteiger partial charge in [-0.05, 0) is 36.8 Å². The lowest BCUT2D eigenvalue weighted by Gasteiger charge is -2.07. The summed E-state index contributed by atoms with van der Waals surface area (Å²) in [5.41, 5.74) is 2.55. The Hall–Kier alpha value is -2.60. The van der Waals surface area contributed by atoms with Crippen molar-refractivity contribution in [1.29, 1.82) is 0 Å². The molecule has 2 heterocycles. The van der Waals surface area contributed by atoms with Crippen LogP contribution in [0.15, 0.2) is 54.2 Å². The molecule has 0 amide bonds. The van der Waals surface area contributed by atoms with E-state index in [0.717, 1.165) is 45.6 Å². The Bertz CT molecular complexity index is 833. The Kier molecular flexibility index (Phi) is 7.04. The summed E-state index contributed by atoms with van der Waals surface area (Å²) in [5, 5.41) is 17.4. The molecule has 0 aliphatic rings. The first-order chi connectivity index (χ1) is 13.2. The van der Waals surface area contributed by atoms with Gasteiger partial charge in [0.15, 0.2) is 17.5 Å². The maximum Gasteiger partial charge on any atom is 0.189 e. The zero-order chi connectivity index (χ0) is 18.9. The lowest BCUT2D eigenvalue weighted by molar-refractivity contribution is -0.604. The molecule has 0 atom stereocenters. The Morgan fingerprint density at radius 2 is 1.93 bits per heavy atom. The van der Waals surface area contributed by atoms with Gasteiger partial charge in [0.2, 0.25) is 0 Å². The van der Waals surface area contributed by atoms with Crippen molar-refractivity contribution in [2.24, 2.45) is 0 Å². The van der Waals surface area contributed by atoms with Crippen molar-refractivity contribution < 1.29 is 9.47 Å². The van der Waals surface area contributed by atoms with Crippen LogP contribution in [0.5, 0.6) is 5.75 Å². The third kappa shape index (κ3) is 5.96. The molecule has 27 heavy (non-hydrogen) atoms. The predicted molar refractivity (Wildman–Crippen MR) is 110 cm³/mol. The van der Waals surface area contributed by atoms with E-state index in [-0.39, 0.29) is 0 Å². The molecule has 1 aromatic carbocycles. The molecule has 142 valence electrons. The minimum atomic E-state index is 0.767.